The van der Waals surface area contributed by atoms with Crippen molar-refractivity contribution in [1.82, 2.24) is 4.98 Å². The van der Waals surface area contributed by atoms with Gasteiger partial charge in [0.25, 0.3) is 0 Å². The van der Waals surface area contributed by atoms with Crippen LogP contribution in [0, 0.1) is 28.6 Å². The molecule has 1 saturated heterocycles. The number of ether oxygens (including phenoxy) is 2. The van der Waals surface area contributed by atoms with Gasteiger partial charge in [0.1, 0.15) is 5.75 Å². The molecule has 6 atom stereocenters. The molecule has 0 radical (unpaired) electrons. The molecule has 3 fully saturated rings. The highest BCUT2D eigenvalue weighted by Crippen LogP contribution is 2.66. The molecule has 3 heteroatoms. The van der Waals surface area contributed by atoms with E-state index in [4.69, 9.17) is 9.47 Å². The van der Waals surface area contributed by atoms with E-state index in [0.29, 0.717) is 11.5 Å². The minimum Gasteiger partial charge on any atom is -0.495 e. The van der Waals surface area contributed by atoms with Gasteiger partial charge >= 0.3 is 0 Å². The molecule has 5 rings (SSSR count). The first-order valence-corrected chi connectivity index (χ1v) is 10.9. The Morgan fingerprint density at radius 1 is 1.11 bits per heavy atom. The average molecular weight is 368 g/mol. The van der Waals surface area contributed by atoms with E-state index in [1.54, 1.807) is 13.3 Å². The summed E-state index contributed by atoms with van der Waals surface area (Å²) >= 11 is 0. The number of hydrogen-bond donors (Lipinski definition) is 0. The number of hydrogen-bond acceptors (Lipinski definition) is 3. The molecule has 3 aliphatic carbocycles. The number of methoxy groups -OCH3 is 1. The van der Waals surface area contributed by atoms with E-state index >= 15 is 0 Å². The first kappa shape index (κ1) is 17.7. The van der Waals surface area contributed by atoms with Crippen LogP contribution >= 0.6 is 0 Å². The number of pyridine rings is 1. The first-order valence-electron chi connectivity index (χ1n) is 10.9. The normalized spacial score (nSPS) is 43.3. The third-order valence-electron chi connectivity index (χ3n) is 8.80. The average Bonchev–Trinajstić information content (AvgIpc) is 3.05. The van der Waals surface area contributed by atoms with Crippen LogP contribution in [0.15, 0.2) is 24.5 Å². The predicted molar refractivity (Wildman–Crippen MR) is 108 cm³/mol. The van der Waals surface area contributed by atoms with Gasteiger partial charge in [-0.25, -0.2) is 0 Å². The maximum Gasteiger partial charge on any atom is 0.137 e. The van der Waals surface area contributed by atoms with Crippen molar-refractivity contribution < 1.29 is 9.47 Å². The van der Waals surface area contributed by atoms with Gasteiger partial charge in [0.05, 0.1) is 19.4 Å². The monoisotopic (exact) mass is 367 g/mol. The molecular weight excluding hydrogens is 334 g/mol. The molecule has 2 heterocycles. The fraction of sp³-hybridized carbons (Fsp3) is 0.708. The van der Waals surface area contributed by atoms with Gasteiger partial charge in [-0.05, 0) is 90.7 Å². The van der Waals surface area contributed by atoms with Gasteiger partial charge in [-0.15, -0.1) is 0 Å². The number of allylic oxidation sites excluding steroid dienone is 2. The standard InChI is InChI=1S/C24H33NO2/c1-23-11-9-21-18(5-8-22-24(21,2)10-4-12-27-22)20(23)7-6-19(23)16-13-17(26-3)15-25-14-16/h6,13-15,18,20-22H,4-5,7-12H2,1-3H3. The van der Waals surface area contributed by atoms with E-state index in [1.165, 1.54) is 56.1 Å². The minimum absolute atomic E-state index is 0.286. The summed E-state index contributed by atoms with van der Waals surface area (Å²) < 4.78 is 11.7. The Hall–Kier alpha value is -1.35. The minimum atomic E-state index is 0.286. The zero-order valence-corrected chi connectivity index (χ0v) is 17.0. The molecule has 27 heavy (non-hydrogen) atoms. The molecule has 2 saturated carbocycles. The Morgan fingerprint density at radius 3 is 2.85 bits per heavy atom. The van der Waals surface area contributed by atoms with Crippen LogP contribution < -0.4 is 4.74 Å². The zero-order valence-electron chi connectivity index (χ0n) is 17.0. The molecule has 1 aromatic heterocycles. The second-order valence-electron chi connectivity index (χ2n) is 9.85. The number of aromatic nitrogens is 1. The van der Waals surface area contributed by atoms with E-state index in [9.17, 15) is 0 Å². The quantitative estimate of drug-likeness (QED) is 0.691. The summed E-state index contributed by atoms with van der Waals surface area (Å²) in [5.41, 5.74) is 3.47. The van der Waals surface area contributed by atoms with Crippen molar-refractivity contribution in [3.63, 3.8) is 0 Å². The number of rotatable bonds is 2. The van der Waals surface area contributed by atoms with Crippen LogP contribution in [-0.2, 0) is 4.74 Å². The molecule has 0 amide bonds. The molecule has 146 valence electrons. The van der Waals surface area contributed by atoms with Crippen molar-refractivity contribution in [2.75, 3.05) is 13.7 Å². The Balaban J connectivity index is 1.45. The van der Waals surface area contributed by atoms with Crippen molar-refractivity contribution in [3.05, 3.63) is 30.1 Å². The lowest BCUT2D eigenvalue weighted by Crippen LogP contribution is -2.55. The third kappa shape index (κ3) is 2.53. The lowest BCUT2D eigenvalue weighted by Gasteiger charge is -2.59. The van der Waals surface area contributed by atoms with Gasteiger partial charge in [0.2, 0.25) is 0 Å². The van der Waals surface area contributed by atoms with E-state index in [-0.39, 0.29) is 5.41 Å². The van der Waals surface area contributed by atoms with Crippen molar-refractivity contribution in [1.29, 1.82) is 0 Å². The highest BCUT2D eigenvalue weighted by Gasteiger charge is 2.58. The number of fused-ring (bicyclic) bond motifs is 5. The molecule has 6 unspecified atom stereocenters. The zero-order chi connectivity index (χ0) is 18.6. The number of nitrogens with zero attached hydrogens (tertiary/aromatic N) is 1. The summed E-state index contributed by atoms with van der Waals surface area (Å²) in [6.07, 6.45) is 16.0. The van der Waals surface area contributed by atoms with Crippen molar-refractivity contribution >= 4 is 5.57 Å². The molecule has 1 aromatic rings. The molecule has 3 nitrogen and oxygen atoms in total. The Bertz CT molecular complexity index is 759. The summed E-state index contributed by atoms with van der Waals surface area (Å²) in [7, 11) is 1.73. The topological polar surface area (TPSA) is 31.4 Å². The largest absolute Gasteiger partial charge is 0.495 e. The summed E-state index contributed by atoms with van der Waals surface area (Å²) in [6.45, 7) is 6.05. The van der Waals surface area contributed by atoms with Gasteiger partial charge in [-0.3, -0.25) is 4.98 Å². The van der Waals surface area contributed by atoms with Gasteiger partial charge < -0.3 is 9.47 Å². The third-order valence-corrected chi connectivity index (χ3v) is 8.80. The van der Waals surface area contributed by atoms with Crippen LogP contribution in [0.2, 0.25) is 0 Å². The maximum absolute atomic E-state index is 6.25. The van der Waals surface area contributed by atoms with Crippen LogP contribution in [0.25, 0.3) is 5.57 Å². The Morgan fingerprint density at radius 2 is 2.00 bits per heavy atom. The highest BCUT2D eigenvalue weighted by molar-refractivity contribution is 5.73. The molecule has 4 aliphatic rings. The second-order valence-corrected chi connectivity index (χ2v) is 9.85. The molecule has 0 spiro atoms. The highest BCUT2D eigenvalue weighted by atomic mass is 16.5. The summed E-state index contributed by atoms with van der Waals surface area (Å²) in [5, 5.41) is 0. The lowest BCUT2D eigenvalue weighted by atomic mass is 9.47. The van der Waals surface area contributed by atoms with Crippen molar-refractivity contribution in [2.24, 2.45) is 28.6 Å². The van der Waals surface area contributed by atoms with Crippen LogP contribution in [0.1, 0.15) is 64.4 Å². The van der Waals surface area contributed by atoms with Gasteiger partial charge in [0.15, 0.2) is 0 Å². The molecular formula is C24H33NO2. The van der Waals surface area contributed by atoms with Crippen molar-refractivity contribution in [3.8, 4) is 5.75 Å². The fourth-order valence-electron chi connectivity index (χ4n) is 7.41. The Kier molecular flexibility index (Phi) is 4.16. The van der Waals surface area contributed by atoms with Crippen LogP contribution in [0.4, 0.5) is 0 Å². The second kappa shape index (κ2) is 6.34. The lowest BCUT2D eigenvalue weighted by molar-refractivity contribution is -0.168. The van der Waals surface area contributed by atoms with E-state index < -0.39 is 0 Å². The molecule has 0 aromatic carbocycles. The molecule has 0 bridgehead atoms. The SMILES string of the molecule is COc1cncc(C2=CCC3C4CCC5OCCCC5(C)C4CCC23C)c1. The fourth-order valence-corrected chi connectivity index (χ4v) is 7.41. The smallest absolute Gasteiger partial charge is 0.137 e. The van der Waals surface area contributed by atoms with Crippen LogP contribution in [-0.4, -0.2) is 24.8 Å². The summed E-state index contributed by atoms with van der Waals surface area (Å²) in [5.74, 6) is 3.32. The summed E-state index contributed by atoms with van der Waals surface area (Å²) in [6, 6.07) is 2.17. The maximum atomic E-state index is 6.25. The van der Waals surface area contributed by atoms with E-state index in [1.807, 2.05) is 6.20 Å². The molecule has 0 N–H and O–H groups in total. The first-order chi connectivity index (χ1) is 13.1. The Labute approximate surface area is 163 Å². The van der Waals surface area contributed by atoms with Gasteiger partial charge in [-0.1, -0.05) is 19.9 Å². The van der Waals surface area contributed by atoms with Gasteiger partial charge in [0, 0.05) is 12.8 Å². The van der Waals surface area contributed by atoms with E-state index in [2.05, 4.69) is 31.0 Å². The molecule has 1 aliphatic heterocycles. The van der Waals surface area contributed by atoms with Gasteiger partial charge in [-0.2, -0.15) is 0 Å². The van der Waals surface area contributed by atoms with Crippen molar-refractivity contribution in [2.45, 2.75) is 64.9 Å². The predicted octanol–water partition coefficient (Wildman–Crippen LogP) is 5.51. The van der Waals surface area contributed by atoms with E-state index in [0.717, 1.165) is 30.1 Å². The van der Waals surface area contributed by atoms with Crippen LogP contribution in [0.3, 0.4) is 0 Å². The van der Waals surface area contributed by atoms with Crippen LogP contribution in [0.5, 0.6) is 5.75 Å². The summed E-state index contributed by atoms with van der Waals surface area (Å²) in [4.78, 5) is 4.43.